The second kappa shape index (κ2) is 8.08. The molecule has 3 nitrogen and oxygen atoms in total. The van der Waals surface area contributed by atoms with Gasteiger partial charge in [-0.05, 0) is 43.5 Å². The highest BCUT2D eigenvalue weighted by molar-refractivity contribution is 5.83. The highest BCUT2D eigenvalue weighted by Gasteiger charge is 2.05. The highest BCUT2D eigenvalue weighted by Crippen LogP contribution is 2.20. The number of hydrogen-bond donors (Lipinski definition) is 1. The van der Waals surface area contributed by atoms with Crippen molar-refractivity contribution in [1.82, 2.24) is 9.88 Å². The quantitative estimate of drug-likeness (QED) is 0.708. The van der Waals surface area contributed by atoms with Crippen LogP contribution in [0.15, 0.2) is 30.5 Å². The van der Waals surface area contributed by atoms with Gasteiger partial charge in [-0.25, -0.2) is 0 Å². The molecule has 1 aromatic heterocycles. The van der Waals surface area contributed by atoms with Crippen molar-refractivity contribution in [3.8, 4) is 0 Å². The molecule has 0 aliphatic carbocycles. The third kappa shape index (κ3) is 3.84. The minimum Gasteiger partial charge on any atom is -0.385 e. The summed E-state index contributed by atoms with van der Waals surface area (Å²) in [6, 6.07) is 8.85. The van der Waals surface area contributed by atoms with Gasteiger partial charge >= 0.3 is 0 Å². The van der Waals surface area contributed by atoms with Crippen LogP contribution in [-0.4, -0.2) is 24.8 Å². The summed E-state index contributed by atoms with van der Waals surface area (Å²) in [4.78, 5) is 0. The van der Waals surface area contributed by atoms with Crippen LogP contribution in [0.1, 0.15) is 31.7 Å². The van der Waals surface area contributed by atoms with E-state index in [4.69, 9.17) is 4.74 Å². The smallest absolute Gasteiger partial charge is 0.0483 e. The Balaban J connectivity index is 2.04. The Morgan fingerprint density at radius 2 is 2.10 bits per heavy atom. The number of nitrogens with one attached hydrogen (secondary N) is 1. The van der Waals surface area contributed by atoms with Crippen molar-refractivity contribution in [2.75, 3.05) is 20.3 Å². The van der Waals surface area contributed by atoms with E-state index in [1.807, 2.05) is 0 Å². The van der Waals surface area contributed by atoms with Gasteiger partial charge in [0.15, 0.2) is 0 Å². The average Bonchev–Trinajstić information content (AvgIpc) is 2.88. The van der Waals surface area contributed by atoms with Crippen LogP contribution in [0.25, 0.3) is 10.9 Å². The number of aromatic nitrogens is 1. The fourth-order valence-corrected chi connectivity index (χ4v) is 2.56. The fourth-order valence-electron chi connectivity index (χ4n) is 2.56. The highest BCUT2D eigenvalue weighted by atomic mass is 16.5. The first kappa shape index (κ1) is 15.1. The third-order valence-corrected chi connectivity index (χ3v) is 3.64. The van der Waals surface area contributed by atoms with Crippen molar-refractivity contribution >= 4 is 10.9 Å². The minimum atomic E-state index is 0.853. The van der Waals surface area contributed by atoms with Gasteiger partial charge in [0.2, 0.25) is 0 Å². The molecule has 0 saturated heterocycles. The molecule has 1 N–H and O–H groups in total. The molecule has 3 heteroatoms. The van der Waals surface area contributed by atoms with Crippen LogP contribution in [0.2, 0.25) is 0 Å². The predicted octanol–water partition coefficient (Wildman–Crippen LogP) is 3.57. The number of unbranched alkanes of at least 4 members (excludes halogenated alkanes) is 1. The summed E-state index contributed by atoms with van der Waals surface area (Å²) in [6.45, 7) is 6.15. The zero-order chi connectivity index (χ0) is 14.2. The third-order valence-electron chi connectivity index (χ3n) is 3.64. The van der Waals surface area contributed by atoms with Gasteiger partial charge in [0.05, 0.1) is 0 Å². The van der Waals surface area contributed by atoms with E-state index in [-0.39, 0.29) is 0 Å². The molecule has 0 fully saturated rings. The zero-order valence-electron chi connectivity index (χ0n) is 12.7. The summed E-state index contributed by atoms with van der Waals surface area (Å²) in [7, 11) is 1.76. The Kier molecular flexibility index (Phi) is 6.09. The van der Waals surface area contributed by atoms with Gasteiger partial charge < -0.3 is 14.6 Å². The van der Waals surface area contributed by atoms with Gasteiger partial charge in [0.25, 0.3) is 0 Å². The molecule has 0 unspecified atom stereocenters. The number of hydrogen-bond acceptors (Lipinski definition) is 2. The van der Waals surface area contributed by atoms with Gasteiger partial charge in [0.1, 0.15) is 0 Å². The molecule has 0 bridgehead atoms. The van der Waals surface area contributed by atoms with Crippen molar-refractivity contribution in [3.63, 3.8) is 0 Å². The van der Waals surface area contributed by atoms with Gasteiger partial charge in [-0.15, -0.1) is 0 Å². The molecule has 0 radical (unpaired) electrons. The van der Waals surface area contributed by atoms with Crippen molar-refractivity contribution < 1.29 is 4.74 Å². The SMILES string of the molecule is CCCNCc1cccc2c1ccn2CCCCOC. The largest absolute Gasteiger partial charge is 0.385 e. The maximum Gasteiger partial charge on any atom is 0.0483 e. The standard InChI is InChI=1S/C17H26N2O/c1-3-10-18-14-15-7-6-8-17-16(15)9-12-19(17)11-4-5-13-20-2/h6-9,12,18H,3-5,10-11,13-14H2,1-2H3. The van der Waals surface area contributed by atoms with Crippen molar-refractivity contribution in [2.24, 2.45) is 0 Å². The summed E-state index contributed by atoms with van der Waals surface area (Å²) < 4.78 is 7.46. The average molecular weight is 274 g/mol. The lowest BCUT2D eigenvalue weighted by atomic mass is 10.1. The molecule has 0 amide bonds. The topological polar surface area (TPSA) is 26.2 Å². The summed E-state index contributed by atoms with van der Waals surface area (Å²) in [5.41, 5.74) is 2.74. The first-order chi connectivity index (χ1) is 9.86. The Bertz CT molecular complexity index is 519. The Hall–Kier alpha value is -1.32. The summed E-state index contributed by atoms with van der Waals surface area (Å²) >= 11 is 0. The Labute approximate surface area is 121 Å². The van der Waals surface area contributed by atoms with E-state index < -0.39 is 0 Å². The summed E-state index contributed by atoms with van der Waals surface area (Å²) in [5.74, 6) is 0. The van der Waals surface area contributed by atoms with E-state index >= 15 is 0 Å². The first-order valence-corrected chi connectivity index (χ1v) is 7.63. The number of fused-ring (bicyclic) bond motifs is 1. The number of ether oxygens (including phenoxy) is 1. The van der Waals surface area contributed by atoms with Crippen molar-refractivity contribution in [1.29, 1.82) is 0 Å². The number of benzene rings is 1. The zero-order valence-corrected chi connectivity index (χ0v) is 12.7. The Morgan fingerprint density at radius 3 is 2.90 bits per heavy atom. The lowest BCUT2D eigenvalue weighted by Gasteiger charge is -2.08. The number of methoxy groups -OCH3 is 1. The molecular weight excluding hydrogens is 248 g/mol. The van der Waals surface area contributed by atoms with Crippen LogP contribution < -0.4 is 5.32 Å². The molecule has 0 aliphatic rings. The Morgan fingerprint density at radius 1 is 1.20 bits per heavy atom. The summed E-state index contributed by atoms with van der Waals surface area (Å²) in [6.07, 6.45) is 5.67. The second-order valence-corrected chi connectivity index (χ2v) is 5.24. The van der Waals surface area contributed by atoms with Crippen molar-refractivity contribution in [2.45, 2.75) is 39.3 Å². The normalized spacial score (nSPS) is 11.3. The number of aryl methyl sites for hydroxylation is 1. The molecule has 1 aromatic carbocycles. The van der Waals surface area contributed by atoms with Gasteiger partial charge in [0, 0.05) is 43.9 Å². The van der Waals surface area contributed by atoms with Gasteiger partial charge in [-0.1, -0.05) is 19.1 Å². The van der Waals surface area contributed by atoms with E-state index in [2.05, 4.69) is 47.3 Å². The van der Waals surface area contributed by atoms with E-state index in [0.717, 1.165) is 39.1 Å². The van der Waals surface area contributed by atoms with Gasteiger partial charge in [-0.3, -0.25) is 0 Å². The molecule has 2 rings (SSSR count). The number of nitrogens with zero attached hydrogens (tertiary/aromatic N) is 1. The molecule has 0 aliphatic heterocycles. The monoisotopic (exact) mass is 274 g/mol. The minimum absolute atomic E-state index is 0.853. The maximum atomic E-state index is 5.11. The van der Waals surface area contributed by atoms with Crippen LogP contribution in [0.4, 0.5) is 0 Å². The van der Waals surface area contributed by atoms with Crippen molar-refractivity contribution in [3.05, 3.63) is 36.0 Å². The molecular formula is C17H26N2O. The molecule has 110 valence electrons. The molecule has 1 heterocycles. The van der Waals surface area contributed by atoms with E-state index in [0.29, 0.717) is 0 Å². The van der Waals surface area contributed by atoms with Crippen LogP contribution >= 0.6 is 0 Å². The van der Waals surface area contributed by atoms with Crippen LogP contribution in [0, 0.1) is 0 Å². The number of rotatable bonds is 9. The molecule has 2 aromatic rings. The van der Waals surface area contributed by atoms with Gasteiger partial charge in [-0.2, -0.15) is 0 Å². The maximum absolute atomic E-state index is 5.11. The first-order valence-electron chi connectivity index (χ1n) is 7.63. The van der Waals surface area contributed by atoms with Crippen LogP contribution in [0.3, 0.4) is 0 Å². The predicted molar refractivity (Wildman–Crippen MR) is 85.0 cm³/mol. The lowest BCUT2D eigenvalue weighted by Crippen LogP contribution is -2.13. The second-order valence-electron chi connectivity index (χ2n) is 5.24. The molecule has 0 atom stereocenters. The van der Waals surface area contributed by atoms with Crippen LogP contribution in [0.5, 0.6) is 0 Å². The molecule has 20 heavy (non-hydrogen) atoms. The fraction of sp³-hybridized carbons (Fsp3) is 0.529. The molecule has 0 spiro atoms. The lowest BCUT2D eigenvalue weighted by molar-refractivity contribution is 0.191. The van der Waals surface area contributed by atoms with E-state index in [1.54, 1.807) is 7.11 Å². The molecule has 0 saturated carbocycles. The van der Waals surface area contributed by atoms with E-state index in [1.165, 1.54) is 22.9 Å². The summed E-state index contributed by atoms with van der Waals surface area (Å²) in [5, 5.41) is 4.86. The van der Waals surface area contributed by atoms with E-state index in [9.17, 15) is 0 Å². The van der Waals surface area contributed by atoms with Crippen LogP contribution in [-0.2, 0) is 17.8 Å².